The lowest BCUT2D eigenvalue weighted by Crippen LogP contribution is -2.36. The maximum absolute atomic E-state index is 13.5. The largest absolute Gasteiger partial charge is 0.416 e. The Morgan fingerprint density at radius 3 is 2.74 bits per heavy atom. The number of fused-ring (bicyclic) bond motifs is 1. The molecule has 4 rings (SSSR count). The lowest BCUT2D eigenvalue weighted by Gasteiger charge is -2.31. The predicted molar refractivity (Wildman–Crippen MR) is 124 cm³/mol. The van der Waals surface area contributed by atoms with Crippen molar-refractivity contribution in [2.24, 2.45) is 0 Å². The molecule has 2 aromatic rings. The molecule has 2 heterocycles. The first-order valence-corrected chi connectivity index (χ1v) is 12.0. The molecule has 2 aliphatic heterocycles. The van der Waals surface area contributed by atoms with E-state index >= 15 is 0 Å². The van der Waals surface area contributed by atoms with Crippen molar-refractivity contribution in [3.05, 3.63) is 59.2 Å². The molecule has 1 unspecified atom stereocenters. The molecule has 2 aromatic carbocycles. The number of nitrogens with zero attached hydrogens (tertiary/aromatic N) is 1. The smallest absolute Gasteiger partial charge is 0.392 e. The standard InChI is InChI=1S/C24H26F3N3O3S/c1-28-23(33)22(15-5-6-20-19(10-15)29-21(32)13-34-20)18(12-30-8-7-17(31)11-30)14-3-2-4-16(9-14)24(25,26)27/h2-6,9-10,17-18,22,31H,7-8,11-13H2,1H3,(H,28,33)(H,29,32)/t17-,18+,22?/m0/s1. The summed E-state index contributed by atoms with van der Waals surface area (Å²) in [7, 11) is 1.49. The fourth-order valence-corrected chi connectivity index (χ4v) is 5.41. The number of rotatable bonds is 6. The Bertz CT molecular complexity index is 1080. The van der Waals surface area contributed by atoms with Gasteiger partial charge in [0, 0.05) is 37.5 Å². The zero-order valence-electron chi connectivity index (χ0n) is 18.6. The quantitative estimate of drug-likeness (QED) is 0.575. The molecule has 2 aliphatic rings. The number of hydrogen-bond donors (Lipinski definition) is 3. The highest BCUT2D eigenvalue weighted by Crippen LogP contribution is 2.41. The van der Waals surface area contributed by atoms with Crippen molar-refractivity contribution in [3.8, 4) is 0 Å². The van der Waals surface area contributed by atoms with Gasteiger partial charge in [0.25, 0.3) is 0 Å². The third-order valence-electron chi connectivity index (χ3n) is 6.27. The molecule has 1 fully saturated rings. The number of nitrogens with one attached hydrogen (secondary N) is 2. The van der Waals surface area contributed by atoms with Gasteiger partial charge in [0.15, 0.2) is 0 Å². The number of likely N-dealkylation sites (N-methyl/N-ethyl adjacent to an activating group) is 1. The lowest BCUT2D eigenvalue weighted by molar-refractivity contribution is -0.137. The molecule has 3 atom stereocenters. The summed E-state index contributed by atoms with van der Waals surface area (Å²) in [6.45, 7) is 1.29. The van der Waals surface area contributed by atoms with E-state index in [0.717, 1.165) is 17.0 Å². The molecule has 0 bridgehead atoms. The lowest BCUT2D eigenvalue weighted by atomic mass is 9.79. The summed E-state index contributed by atoms with van der Waals surface area (Å²) in [6, 6.07) is 10.4. The number of likely N-dealkylation sites (tertiary alicyclic amines) is 1. The van der Waals surface area contributed by atoms with Gasteiger partial charge < -0.3 is 20.6 Å². The van der Waals surface area contributed by atoms with Crippen molar-refractivity contribution in [2.45, 2.75) is 35.4 Å². The van der Waals surface area contributed by atoms with E-state index in [2.05, 4.69) is 10.6 Å². The summed E-state index contributed by atoms with van der Waals surface area (Å²) in [4.78, 5) is 27.9. The van der Waals surface area contributed by atoms with Crippen molar-refractivity contribution in [3.63, 3.8) is 0 Å². The van der Waals surface area contributed by atoms with Gasteiger partial charge in [-0.15, -0.1) is 11.8 Å². The predicted octanol–water partition coefficient (Wildman–Crippen LogP) is 3.43. The summed E-state index contributed by atoms with van der Waals surface area (Å²) in [5, 5.41) is 15.5. The summed E-state index contributed by atoms with van der Waals surface area (Å²) in [6.07, 6.45) is -4.45. The Kier molecular flexibility index (Phi) is 7.20. The highest BCUT2D eigenvalue weighted by atomic mass is 32.2. The molecule has 182 valence electrons. The molecule has 0 radical (unpaired) electrons. The third kappa shape index (κ3) is 5.39. The van der Waals surface area contributed by atoms with Gasteiger partial charge in [-0.25, -0.2) is 0 Å². The van der Waals surface area contributed by atoms with Crippen LogP contribution in [0.15, 0.2) is 47.4 Å². The number of halogens is 3. The number of carbonyl (C=O) groups excluding carboxylic acids is 2. The van der Waals surface area contributed by atoms with E-state index in [-0.39, 0.29) is 11.8 Å². The number of amides is 2. The molecule has 0 aliphatic carbocycles. The number of hydrogen-bond acceptors (Lipinski definition) is 5. The second kappa shape index (κ2) is 9.97. The minimum absolute atomic E-state index is 0.147. The summed E-state index contributed by atoms with van der Waals surface area (Å²) < 4.78 is 40.5. The first-order valence-electron chi connectivity index (χ1n) is 11.0. The van der Waals surface area contributed by atoms with Gasteiger partial charge in [0.1, 0.15) is 0 Å². The van der Waals surface area contributed by atoms with Crippen LogP contribution in [0.3, 0.4) is 0 Å². The van der Waals surface area contributed by atoms with Crippen molar-refractivity contribution >= 4 is 29.3 Å². The Hall–Kier alpha value is -2.56. The molecule has 0 spiro atoms. The monoisotopic (exact) mass is 493 g/mol. The number of aliphatic hydroxyl groups excluding tert-OH is 1. The first kappa shape index (κ1) is 24.6. The van der Waals surface area contributed by atoms with Gasteiger partial charge >= 0.3 is 6.18 Å². The number of β-amino-alcohol motifs (C(OH)–C–C–N with tert-alkyl or cyclic N) is 1. The van der Waals surface area contributed by atoms with Gasteiger partial charge in [0.2, 0.25) is 11.8 Å². The van der Waals surface area contributed by atoms with Crippen LogP contribution >= 0.6 is 11.8 Å². The van der Waals surface area contributed by atoms with Gasteiger partial charge in [-0.1, -0.05) is 24.3 Å². The van der Waals surface area contributed by atoms with Crippen LogP contribution in [0.2, 0.25) is 0 Å². The van der Waals surface area contributed by atoms with Crippen LogP contribution in [-0.2, 0) is 15.8 Å². The molecule has 0 aromatic heterocycles. The zero-order valence-corrected chi connectivity index (χ0v) is 19.4. The first-order chi connectivity index (χ1) is 16.2. The van der Waals surface area contributed by atoms with Crippen LogP contribution in [0.5, 0.6) is 0 Å². The Labute approximate surface area is 199 Å². The second-order valence-electron chi connectivity index (χ2n) is 8.62. The van der Waals surface area contributed by atoms with Crippen molar-refractivity contribution in [2.75, 3.05) is 37.8 Å². The van der Waals surface area contributed by atoms with Gasteiger partial charge in [-0.3, -0.25) is 9.59 Å². The van der Waals surface area contributed by atoms with Gasteiger partial charge in [-0.2, -0.15) is 13.2 Å². The van der Waals surface area contributed by atoms with E-state index in [0.29, 0.717) is 48.6 Å². The van der Waals surface area contributed by atoms with Gasteiger partial charge in [0.05, 0.1) is 29.0 Å². The van der Waals surface area contributed by atoms with E-state index in [4.69, 9.17) is 0 Å². The van der Waals surface area contributed by atoms with Crippen molar-refractivity contribution in [1.29, 1.82) is 0 Å². The highest BCUT2D eigenvalue weighted by Gasteiger charge is 2.37. The van der Waals surface area contributed by atoms with E-state index in [9.17, 15) is 27.9 Å². The number of benzene rings is 2. The molecule has 34 heavy (non-hydrogen) atoms. The van der Waals surface area contributed by atoms with Gasteiger partial charge in [-0.05, 0) is 35.7 Å². The number of alkyl halides is 3. The fraction of sp³-hybridized carbons (Fsp3) is 0.417. The summed E-state index contributed by atoms with van der Waals surface area (Å²) in [5.41, 5.74) is 0.803. The molecule has 0 saturated carbocycles. The molecular weight excluding hydrogens is 467 g/mol. The maximum Gasteiger partial charge on any atom is 0.416 e. The van der Waals surface area contributed by atoms with Crippen LogP contribution in [0, 0.1) is 0 Å². The van der Waals surface area contributed by atoms with Crippen molar-refractivity contribution in [1.82, 2.24) is 10.2 Å². The van der Waals surface area contributed by atoms with Crippen LogP contribution in [-0.4, -0.2) is 60.4 Å². The third-order valence-corrected chi connectivity index (χ3v) is 7.34. The average Bonchev–Trinajstić information content (AvgIpc) is 3.22. The SMILES string of the molecule is CNC(=O)C(c1ccc2c(c1)NC(=O)CS2)[C@H](CN1CC[C@H](O)C1)c1cccc(C(F)(F)F)c1. The van der Waals surface area contributed by atoms with Crippen LogP contribution < -0.4 is 10.6 Å². The molecular formula is C24H26F3N3O3S. The minimum Gasteiger partial charge on any atom is -0.392 e. The molecule has 6 nitrogen and oxygen atoms in total. The Balaban J connectivity index is 1.79. The summed E-state index contributed by atoms with van der Waals surface area (Å²) in [5.74, 6) is -1.60. The van der Waals surface area contributed by atoms with E-state index < -0.39 is 29.7 Å². The topological polar surface area (TPSA) is 81.7 Å². The van der Waals surface area contributed by atoms with Crippen LogP contribution in [0.4, 0.5) is 18.9 Å². The van der Waals surface area contributed by atoms with E-state index in [1.165, 1.54) is 24.9 Å². The Morgan fingerprint density at radius 2 is 2.06 bits per heavy atom. The highest BCUT2D eigenvalue weighted by molar-refractivity contribution is 8.00. The summed E-state index contributed by atoms with van der Waals surface area (Å²) >= 11 is 1.39. The molecule has 2 amide bonds. The molecule has 3 N–H and O–H groups in total. The normalized spacial score (nSPS) is 20.4. The second-order valence-corrected chi connectivity index (χ2v) is 9.63. The van der Waals surface area contributed by atoms with Crippen molar-refractivity contribution < 1.29 is 27.9 Å². The fourth-order valence-electron chi connectivity index (χ4n) is 4.62. The molecule has 1 saturated heterocycles. The minimum atomic E-state index is -4.51. The molecule has 10 heteroatoms. The Morgan fingerprint density at radius 1 is 1.26 bits per heavy atom. The zero-order chi connectivity index (χ0) is 24.5. The average molecular weight is 494 g/mol. The number of thioether (sulfide) groups is 1. The van der Waals surface area contributed by atoms with Crippen LogP contribution in [0.25, 0.3) is 0 Å². The number of anilines is 1. The van der Waals surface area contributed by atoms with Crippen LogP contribution in [0.1, 0.15) is 34.9 Å². The van der Waals surface area contributed by atoms with E-state index in [1.807, 2.05) is 11.0 Å². The maximum atomic E-state index is 13.5. The number of aliphatic hydroxyl groups is 1. The van der Waals surface area contributed by atoms with E-state index in [1.54, 1.807) is 18.2 Å². The number of carbonyl (C=O) groups is 2.